The molecule has 0 spiro atoms. The lowest BCUT2D eigenvalue weighted by Crippen LogP contribution is -1.92. The van der Waals surface area contributed by atoms with Gasteiger partial charge in [0.05, 0.1) is 5.02 Å². The fraction of sp³-hybridized carbons (Fsp3) is 0. The van der Waals surface area contributed by atoms with Gasteiger partial charge in [-0.3, -0.25) is 0 Å². The fourth-order valence-electron chi connectivity index (χ4n) is 0.867. The van der Waals surface area contributed by atoms with Crippen LogP contribution in [0.25, 0.3) is 0 Å². The van der Waals surface area contributed by atoms with Crippen LogP contribution in [-0.2, 0) is 0 Å². The summed E-state index contributed by atoms with van der Waals surface area (Å²) >= 11 is 18.4. The molecule has 0 saturated heterocycles. The molecule has 0 amide bonds. The van der Waals surface area contributed by atoms with Gasteiger partial charge >= 0.3 is 0 Å². The highest BCUT2D eigenvalue weighted by molar-refractivity contribution is 7.99. The third-order valence-electron chi connectivity index (χ3n) is 1.49. The van der Waals surface area contributed by atoms with Crippen LogP contribution in [0.1, 0.15) is 0 Å². The lowest BCUT2D eigenvalue weighted by atomic mass is 10.5. The monoisotopic (exact) mass is 292 g/mol. The summed E-state index contributed by atoms with van der Waals surface area (Å²) in [7, 11) is 0. The van der Waals surface area contributed by atoms with Crippen LogP contribution < -0.4 is 0 Å². The average molecular weight is 294 g/mol. The van der Waals surface area contributed by atoms with Crippen molar-refractivity contribution in [3.63, 3.8) is 0 Å². The Kier molecular flexibility index (Phi) is 3.81. The lowest BCUT2D eigenvalue weighted by Gasteiger charge is -2.01. The summed E-state index contributed by atoms with van der Waals surface area (Å²) in [5.41, 5.74) is 0. The second-order valence-corrected chi connectivity index (χ2v) is 4.74. The van der Waals surface area contributed by atoms with Gasteiger partial charge in [-0.15, -0.1) is 10.2 Å². The second kappa shape index (κ2) is 5.14. The van der Waals surface area contributed by atoms with Crippen LogP contribution >= 0.6 is 46.6 Å². The van der Waals surface area contributed by atoms with Gasteiger partial charge in [0.2, 0.25) is 5.28 Å². The van der Waals surface area contributed by atoms with Crippen LogP contribution in [-0.4, -0.2) is 20.2 Å². The van der Waals surface area contributed by atoms with Crippen LogP contribution in [0.3, 0.4) is 0 Å². The van der Waals surface area contributed by atoms with Crippen LogP contribution in [0.15, 0.2) is 28.4 Å². The molecule has 0 aliphatic rings. The van der Waals surface area contributed by atoms with Crippen molar-refractivity contribution in [2.24, 2.45) is 0 Å². The Morgan fingerprint density at radius 1 is 1.06 bits per heavy atom. The van der Waals surface area contributed by atoms with E-state index in [9.17, 15) is 0 Å². The first-order valence-electron chi connectivity index (χ1n) is 4.00. The normalized spacial score (nSPS) is 10.4. The first-order chi connectivity index (χ1) is 7.65. The summed E-state index contributed by atoms with van der Waals surface area (Å²) in [6.45, 7) is 0. The first-order valence-corrected chi connectivity index (χ1v) is 5.95. The van der Waals surface area contributed by atoms with E-state index in [1.807, 2.05) is 0 Å². The van der Waals surface area contributed by atoms with Gasteiger partial charge in [-0.2, -0.15) is 0 Å². The molecule has 2 rings (SSSR count). The fourth-order valence-corrected chi connectivity index (χ4v) is 2.04. The Balaban J connectivity index is 2.26. The van der Waals surface area contributed by atoms with Gasteiger partial charge in [-0.25, -0.2) is 9.97 Å². The third kappa shape index (κ3) is 2.95. The predicted octanol–water partition coefficient (Wildman–Crippen LogP) is 3.38. The van der Waals surface area contributed by atoms with Crippen LogP contribution in [0.5, 0.6) is 0 Å². The molecule has 8 heteroatoms. The highest BCUT2D eigenvalue weighted by atomic mass is 35.5. The van der Waals surface area contributed by atoms with Gasteiger partial charge in [0.1, 0.15) is 10.1 Å². The van der Waals surface area contributed by atoms with Crippen molar-refractivity contribution in [3.05, 3.63) is 33.8 Å². The maximum atomic E-state index is 5.81. The third-order valence-corrected chi connectivity index (χ3v) is 3.17. The average Bonchev–Trinajstić information content (AvgIpc) is 2.27. The smallest absolute Gasteiger partial charge is 0.244 e. The molecule has 2 aromatic heterocycles. The number of pyridine rings is 1. The molecule has 0 aliphatic heterocycles. The lowest BCUT2D eigenvalue weighted by molar-refractivity contribution is 0.903. The van der Waals surface area contributed by atoms with E-state index >= 15 is 0 Å². The highest BCUT2D eigenvalue weighted by Gasteiger charge is 2.08. The molecule has 0 bridgehead atoms. The van der Waals surface area contributed by atoms with Gasteiger partial charge in [-0.1, -0.05) is 23.2 Å². The molecule has 0 radical (unpaired) electrons. The summed E-state index contributed by atoms with van der Waals surface area (Å²) in [4.78, 5) is 8.03. The maximum Gasteiger partial charge on any atom is 0.244 e. The molecule has 0 unspecified atom stereocenters. The summed E-state index contributed by atoms with van der Waals surface area (Å²) in [6.07, 6.45) is 1.54. The molecule has 0 aromatic carbocycles. The minimum absolute atomic E-state index is 0.0425. The van der Waals surface area contributed by atoms with Gasteiger partial charge < -0.3 is 0 Å². The van der Waals surface area contributed by atoms with Gasteiger partial charge in [0, 0.05) is 6.20 Å². The van der Waals surface area contributed by atoms with Crippen molar-refractivity contribution in [2.45, 2.75) is 10.1 Å². The summed E-state index contributed by atoms with van der Waals surface area (Å²) in [6, 6.07) is 3.47. The highest BCUT2D eigenvalue weighted by Crippen LogP contribution is 2.29. The molecule has 16 heavy (non-hydrogen) atoms. The molecule has 0 aliphatic carbocycles. The second-order valence-electron chi connectivity index (χ2n) is 2.59. The Hall–Kier alpha value is -0.620. The zero-order chi connectivity index (χ0) is 11.5. The Morgan fingerprint density at radius 3 is 2.56 bits per heavy atom. The van der Waals surface area contributed by atoms with Crippen LogP contribution in [0.4, 0.5) is 0 Å². The number of hydrogen-bond donors (Lipinski definition) is 0. The van der Waals surface area contributed by atoms with Crippen molar-refractivity contribution >= 4 is 46.6 Å². The Bertz CT molecular complexity index is 505. The number of aromatic nitrogens is 4. The molecular formula is C8H3Cl3N4S. The topological polar surface area (TPSA) is 51.6 Å². The van der Waals surface area contributed by atoms with E-state index in [0.717, 1.165) is 0 Å². The minimum Gasteiger partial charge on any atom is -0.248 e. The number of rotatable bonds is 2. The maximum absolute atomic E-state index is 5.81. The minimum atomic E-state index is 0.0425. The Labute approximate surface area is 110 Å². The van der Waals surface area contributed by atoms with Crippen molar-refractivity contribution in [2.75, 3.05) is 0 Å². The van der Waals surface area contributed by atoms with Crippen LogP contribution in [0, 0.1) is 0 Å². The van der Waals surface area contributed by atoms with E-state index in [-0.39, 0.29) is 10.4 Å². The van der Waals surface area contributed by atoms with Crippen molar-refractivity contribution < 1.29 is 0 Å². The molecule has 2 aromatic rings. The van der Waals surface area contributed by atoms with E-state index in [1.165, 1.54) is 18.0 Å². The molecule has 0 saturated carbocycles. The molecule has 82 valence electrons. The van der Waals surface area contributed by atoms with Crippen molar-refractivity contribution in [1.29, 1.82) is 0 Å². The number of halogens is 3. The summed E-state index contributed by atoms with van der Waals surface area (Å²) in [5.74, 6) is 0. The summed E-state index contributed by atoms with van der Waals surface area (Å²) in [5, 5.41) is 9.10. The van der Waals surface area contributed by atoms with E-state index in [1.54, 1.807) is 12.1 Å². The van der Waals surface area contributed by atoms with Gasteiger partial charge in [-0.05, 0) is 35.5 Å². The number of hydrogen-bond acceptors (Lipinski definition) is 5. The quantitative estimate of drug-likeness (QED) is 0.849. The van der Waals surface area contributed by atoms with E-state index in [0.29, 0.717) is 15.1 Å². The van der Waals surface area contributed by atoms with Crippen molar-refractivity contribution in [1.82, 2.24) is 20.2 Å². The van der Waals surface area contributed by atoms with E-state index in [4.69, 9.17) is 34.8 Å². The van der Waals surface area contributed by atoms with E-state index in [2.05, 4.69) is 20.2 Å². The molecule has 0 N–H and O–H groups in total. The summed E-state index contributed by atoms with van der Waals surface area (Å²) < 4.78 is 0. The zero-order valence-electron chi connectivity index (χ0n) is 7.56. The SMILES string of the molecule is Clc1ccc(Sc2nc(Cl)nnc2Cl)nc1. The standard InChI is InChI=1S/C8H3Cl3N4S/c9-4-1-2-5(12-3-4)16-7-6(10)14-15-8(11)13-7/h1-3H. The van der Waals surface area contributed by atoms with Gasteiger partial charge in [0.25, 0.3) is 0 Å². The molecule has 0 atom stereocenters. The Morgan fingerprint density at radius 2 is 1.88 bits per heavy atom. The van der Waals surface area contributed by atoms with E-state index < -0.39 is 0 Å². The van der Waals surface area contributed by atoms with Crippen molar-refractivity contribution in [3.8, 4) is 0 Å². The molecule has 0 fully saturated rings. The van der Waals surface area contributed by atoms with Crippen LogP contribution in [0.2, 0.25) is 15.5 Å². The molecular weight excluding hydrogens is 291 g/mol. The molecule has 2 heterocycles. The predicted molar refractivity (Wildman–Crippen MR) is 63.2 cm³/mol. The van der Waals surface area contributed by atoms with Gasteiger partial charge in [0.15, 0.2) is 5.15 Å². The first kappa shape index (κ1) is 11.9. The zero-order valence-corrected chi connectivity index (χ0v) is 10.6. The number of nitrogens with zero attached hydrogens (tertiary/aromatic N) is 4. The molecule has 4 nitrogen and oxygen atoms in total. The largest absolute Gasteiger partial charge is 0.248 e.